The number of phenols is 2. The molecule has 3 fully saturated rings. The largest absolute Gasteiger partial charge is 0.508 e. The van der Waals surface area contributed by atoms with Crippen LogP contribution in [0.25, 0.3) is 17.1 Å². The van der Waals surface area contributed by atoms with E-state index in [2.05, 4.69) is 62.5 Å². The summed E-state index contributed by atoms with van der Waals surface area (Å²) in [5.41, 5.74) is 5.07. The fourth-order valence-corrected chi connectivity index (χ4v) is 12.7. The molecule has 10 rings (SSSR count). The van der Waals surface area contributed by atoms with Crippen molar-refractivity contribution in [2.24, 2.45) is 11.8 Å². The smallest absolute Gasteiger partial charge is 0.289 e. The summed E-state index contributed by atoms with van der Waals surface area (Å²) in [4.78, 5) is 61.0. The molecule has 4 N–H and O–H groups in total. The fraction of sp³-hybridized carbons (Fsp3) is 0.450. The molecule has 434 valence electrons. The number of aromatic hydroxyl groups is 2. The summed E-state index contributed by atoms with van der Waals surface area (Å²) in [5.74, 6) is 1.05. The zero-order valence-corrected chi connectivity index (χ0v) is 48.5. The second-order valence-electron chi connectivity index (χ2n) is 21.8. The molecule has 21 nitrogen and oxygen atoms in total. The van der Waals surface area contributed by atoms with Gasteiger partial charge >= 0.3 is 0 Å². The molecule has 0 radical (unpaired) electrons. The van der Waals surface area contributed by atoms with Gasteiger partial charge in [-0.25, -0.2) is 17.7 Å². The molecule has 0 atom stereocenters. The lowest BCUT2D eigenvalue weighted by atomic mass is 9.91. The Labute approximate surface area is 480 Å². The third-order valence-electron chi connectivity index (χ3n) is 16.5. The number of carbonyl (C=O) groups excluding carboxylic acids is 3. The second-order valence-corrected chi connectivity index (χ2v) is 23.7. The number of sulfonamides is 1. The van der Waals surface area contributed by atoms with Crippen LogP contribution >= 0.6 is 0 Å². The van der Waals surface area contributed by atoms with Crippen molar-refractivity contribution in [3.63, 3.8) is 0 Å². The number of nitrogens with zero attached hydrogens (tertiary/aromatic N) is 11. The minimum Gasteiger partial charge on any atom is -0.508 e. The maximum absolute atomic E-state index is 14.0. The molecule has 82 heavy (non-hydrogen) atoms. The Morgan fingerprint density at radius 1 is 0.780 bits per heavy atom. The normalized spacial score (nSPS) is 16.7. The van der Waals surface area contributed by atoms with Crippen LogP contribution < -0.4 is 29.5 Å². The quantitative estimate of drug-likeness (QED) is 0.0645. The molecule has 0 spiro atoms. The Bertz CT molecular complexity index is 3400. The van der Waals surface area contributed by atoms with Crippen molar-refractivity contribution in [2.45, 2.75) is 85.2 Å². The number of aryl methyl sites for hydroxylation is 1. The summed E-state index contributed by atoms with van der Waals surface area (Å²) in [6, 6.07) is 23.4. The molecular weight excluding hydrogens is 1060 g/mol. The number of piperidine rings is 2. The predicted octanol–water partition coefficient (Wildman–Crippen LogP) is 7.72. The lowest BCUT2D eigenvalue weighted by molar-refractivity contribution is -0.137. The van der Waals surface area contributed by atoms with E-state index in [4.69, 9.17) is 4.74 Å². The van der Waals surface area contributed by atoms with Gasteiger partial charge < -0.3 is 45.2 Å². The van der Waals surface area contributed by atoms with E-state index in [0.717, 1.165) is 126 Å². The van der Waals surface area contributed by atoms with Crippen LogP contribution in [0.5, 0.6) is 17.2 Å². The zero-order chi connectivity index (χ0) is 57.8. The molecule has 0 unspecified atom stereocenters. The number of aromatic nitrogens is 5. The number of phenolic OH excluding ortho intramolecular Hbond substituents is 2. The van der Waals surface area contributed by atoms with Gasteiger partial charge in [0.15, 0.2) is 11.6 Å². The van der Waals surface area contributed by atoms with E-state index >= 15 is 0 Å². The maximum Gasteiger partial charge on any atom is 0.289 e. The first-order valence-electron chi connectivity index (χ1n) is 28.7. The summed E-state index contributed by atoms with van der Waals surface area (Å²) in [7, 11) is -2.37. The number of ether oxygens (including phenoxy) is 1. The highest BCUT2D eigenvalue weighted by Crippen LogP contribution is 2.42. The number of hydrogen-bond acceptors (Lipinski definition) is 16. The number of amides is 3. The lowest BCUT2D eigenvalue weighted by Gasteiger charge is -2.40. The van der Waals surface area contributed by atoms with Crippen molar-refractivity contribution in [1.29, 1.82) is 0 Å². The Morgan fingerprint density at radius 3 is 2.16 bits per heavy atom. The van der Waals surface area contributed by atoms with Gasteiger partial charge in [0.05, 0.1) is 41.6 Å². The van der Waals surface area contributed by atoms with E-state index in [1.54, 1.807) is 41.9 Å². The van der Waals surface area contributed by atoms with Crippen LogP contribution in [0.3, 0.4) is 0 Å². The van der Waals surface area contributed by atoms with Gasteiger partial charge in [0, 0.05) is 108 Å². The number of rotatable bonds is 18. The first-order chi connectivity index (χ1) is 39.5. The lowest BCUT2D eigenvalue weighted by Crippen LogP contribution is -2.49. The van der Waals surface area contributed by atoms with Gasteiger partial charge in [0.1, 0.15) is 22.9 Å². The third kappa shape index (κ3) is 12.2. The Balaban J connectivity index is 0.696. The number of carbonyl (C=O) groups is 3. The minimum atomic E-state index is -3.93. The maximum atomic E-state index is 14.0. The van der Waals surface area contributed by atoms with Gasteiger partial charge in [0.2, 0.25) is 27.7 Å². The van der Waals surface area contributed by atoms with Crippen LogP contribution in [0.2, 0.25) is 0 Å². The molecule has 4 aliphatic rings. The van der Waals surface area contributed by atoms with Gasteiger partial charge in [0.25, 0.3) is 11.8 Å². The van der Waals surface area contributed by atoms with E-state index in [0.29, 0.717) is 53.0 Å². The second kappa shape index (κ2) is 24.7. The van der Waals surface area contributed by atoms with Crippen LogP contribution in [0.15, 0.2) is 85.1 Å². The van der Waals surface area contributed by atoms with Crippen LogP contribution in [0.1, 0.15) is 98.3 Å². The molecule has 2 aromatic heterocycles. The highest BCUT2D eigenvalue weighted by molar-refractivity contribution is 7.92. The number of hydrogen-bond donors (Lipinski definition) is 4. The van der Waals surface area contributed by atoms with Crippen molar-refractivity contribution < 1.29 is 37.8 Å². The molecule has 0 bridgehead atoms. The third-order valence-corrected chi connectivity index (χ3v) is 17.6. The fourth-order valence-electron chi connectivity index (χ4n) is 11.8. The summed E-state index contributed by atoms with van der Waals surface area (Å²) in [6.45, 7) is 16.9. The van der Waals surface area contributed by atoms with E-state index < -0.39 is 10.0 Å². The van der Waals surface area contributed by atoms with E-state index in [1.165, 1.54) is 17.2 Å². The number of piperazine rings is 1. The molecule has 6 heterocycles. The van der Waals surface area contributed by atoms with Gasteiger partial charge in [-0.2, -0.15) is 4.98 Å². The van der Waals surface area contributed by atoms with Crippen molar-refractivity contribution in [3.8, 4) is 34.3 Å². The molecule has 0 aliphatic carbocycles. The first-order valence-corrected chi connectivity index (χ1v) is 30.6. The zero-order valence-electron chi connectivity index (χ0n) is 47.7. The molecule has 22 heteroatoms. The molecule has 6 aromatic rings. The molecular formula is C60H75N13O8S. The summed E-state index contributed by atoms with van der Waals surface area (Å²) in [5, 5.41) is 36.4. The van der Waals surface area contributed by atoms with Gasteiger partial charge in [-0.1, -0.05) is 45.0 Å². The molecule has 4 aliphatic heterocycles. The topological polar surface area (TPSA) is 235 Å². The van der Waals surface area contributed by atoms with Crippen LogP contribution in [0.4, 0.5) is 34.5 Å². The Kier molecular flexibility index (Phi) is 17.3. The van der Waals surface area contributed by atoms with Crippen LogP contribution in [0, 0.1) is 11.8 Å². The number of likely N-dealkylation sites (tertiary alicyclic amines) is 1. The van der Waals surface area contributed by atoms with E-state index in [9.17, 15) is 33.0 Å². The molecule has 3 amide bonds. The molecule has 3 saturated heterocycles. The molecule has 4 aromatic carbocycles. The standard InChI is InChI=1S/C60H75N13O8S/c1-7-41-33-47(52(75)35-51(41)74)54-65-66-56(57(76)62-43(8-2)9-3)72(54)44-17-15-39(16-18-44)37-68-29-31-69(32-30-68)38-40-21-25-71(26-22-40)58(77)42-23-27-70(28-24-42)45-19-20-48(53(34-45)81-10-4)63-60-61-36-50-55(64-60)73(82(6,79)80)49-14-12-11-13-46(49)59(78)67(50)5/h11-20,33-36,40,42-43,74-75H,7-10,21-32,37-38H2,1-6H3,(H,62,76)(H,61,63,64). The highest BCUT2D eigenvalue weighted by Gasteiger charge is 2.37. The minimum absolute atomic E-state index is 0.00357. The van der Waals surface area contributed by atoms with Gasteiger partial charge in [-0.15, -0.1) is 10.2 Å². The van der Waals surface area contributed by atoms with E-state index in [-0.39, 0.29) is 75.7 Å². The van der Waals surface area contributed by atoms with Crippen molar-refractivity contribution in [2.75, 3.05) is 98.2 Å². The van der Waals surface area contributed by atoms with Crippen LogP contribution in [-0.4, -0.2) is 161 Å². The van der Waals surface area contributed by atoms with Gasteiger partial charge in [-0.3, -0.25) is 23.9 Å². The Morgan fingerprint density at radius 2 is 1.48 bits per heavy atom. The number of anilines is 6. The van der Waals surface area contributed by atoms with Crippen molar-refractivity contribution in [1.82, 2.24) is 44.7 Å². The van der Waals surface area contributed by atoms with Crippen molar-refractivity contribution >= 4 is 62.3 Å². The SMILES string of the molecule is CCOc1cc(N2CCC(C(=O)N3CCC(CN4CCN(Cc5ccc(-n6c(C(=O)NC(CC)CC)nnc6-c6cc(CC)c(O)cc6O)cc5)CC4)CC3)CC2)ccc1Nc1ncc2c(n1)N(S(C)(=O)=O)c1ccccc1C(=O)N2C. The number of benzene rings is 4. The predicted molar refractivity (Wildman–Crippen MR) is 316 cm³/mol. The highest BCUT2D eigenvalue weighted by atomic mass is 32.2. The summed E-state index contributed by atoms with van der Waals surface area (Å²) >= 11 is 0. The summed E-state index contributed by atoms with van der Waals surface area (Å²) in [6.07, 6.45) is 8.10. The monoisotopic (exact) mass is 1140 g/mol. The van der Waals surface area contributed by atoms with Crippen molar-refractivity contribution in [3.05, 3.63) is 108 Å². The molecule has 0 saturated carbocycles. The van der Waals surface area contributed by atoms with Crippen LogP contribution in [-0.2, 0) is 27.8 Å². The van der Waals surface area contributed by atoms with Gasteiger partial charge in [-0.05, 0) is 111 Å². The Hall–Kier alpha value is -7.82. The average Bonchev–Trinajstić information content (AvgIpc) is 3.37. The number of para-hydroxylation sites is 1. The average molecular weight is 1140 g/mol. The number of nitrogens with one attached hydrogen (secondary N) is 2. The first kappa shape index (κ1) is 57.4. The summed E-state index contributed by atoms with van der Waals surface area (Å²) < 4.78 is 35.4. The van der Waals surface area contributed by atoms with E-state index in [1.807, 2.05) is 58.0 Å². The number of fused-ring (bicyclic) bond motifs is 2.